The van der Waals surface area contributed by atoms with Gasteiger partial charge in [0.15, 0.2) is 0 Å². The Bertz CT molecular complexity index is 630. The Hall–Kier alpha value is -1.15. The van der Waals surface area contributed by atoms with E-state index >= 15 is 0 Å². The van der Waals surface area contributed by atoms with Crippen LogP contribution in [0.5, 0.6) is 0 Å². The van der Waals surface area contributed by atoms with Gasteiger partial charge in [-0.15, -0.1) is 0 Å². The molecule has 2 aromatic rings. The Morgan fingerprint density at radius 3 is 2.41 bits per heavy atom. The highest BCUT2D eigenvalue weighted by atomic mass is 32.1. The number of aromatic nitrogens is 1. The number of hydrogen-bond acceptors (Lipinski definition) is 1. The van der Waals surface area contributed by atoms with Crippen molar-refractivity contribution in [3.63, 3.8) is 0 Å². The van der Waals surface area contributed by atoms with Crippen LogP contribution in [0, 0.1) is 11.4 Å². The van der Waals surface area contributed by atoms with Crippen molar-refractivity contribution in [3.8, 4) is 0 Å². The predicted octanol–water partition coefficient (Wildman–Crippen LogP) is 4.51. The maximum absolute atomic E-state index is 5.48. The van der Waals surface area contributed by atoms with Gasteiger partial charge in [0.1, 0.15) is 0 Å². The molecule has 1 aromatic carbocycles. The van der Waals surface area contributed by atoms with Crippen LogP contribution in [-0.4, -0.2) is 4.57 Å². The summed E-state index contributed by atoms with van der Waals surface area (Å²) < 4.78 is 3.13. The van der Waals surface area contributed by atoms with Crippen molar-refractivity contribution in [2.75, 3.05) is 0 Å². The summed E-state index contributed by atoms with van der Waals surface area (Å²) in [5.74, 6) is 0. The molecule has 1 heterocycles. The largest absolute Gasteiger partial charge is 0.350 e. The smallest absolute Gasteiger partial charge is 0.0514 e. The second kappa shape index (κ2) is 3.95. The molecule has 0 N–H and O–H groups in total. The Kier molecular flexibility index (Phi) is 2.86. The van der Waals surface area contributed by atoms with Crippen molar-refractivity contribution in [2.45, 2.75) is 33.1 Å². The highest BCUT2D eigenvalue weighted by Gasteiger charge is 2.14. The minimum atomic E-state index is 0.174. The van der Waals surface area contributed by atoms with Crippen LogP contribution in [0.25, 0.3) is 10.9 Å². The van der Waals surface area contributed by atoms with Gasteiger partial charge in [0.25, 0.3) is 0 Å². The fourth-order valence-electron chi connectivity index (χ4n) is 2.11. The number of nitrogens with zero attached hydrogens (tertiary/aromatic N) is 1. The minimum Gasteiger partial charge on any atom is -0.350 e. The van der Waals surface area contributed by atoms with Crippen LogP contribution in [0.2, 0.25) is 0 Å². The van der Waals surface area contributed by atoms with Gasteiger partial charge >= 0.3 is 0 Å². The molecular formula is C15H19NS. The molecule has 0 amide bonds. The van der Waals surface area contributed by atoms with Crippen molar-refractivity contribution < 1.29 is 0 Å². The van der Waals surface area contributed by atoms with E-state index in [0.29, 0.717) is 0 Å². The zero-order chi connectivity index (χ0) is 12.8. The fourth-order valence-corrected chi connectivity index (χ4v) is 2.34. The van der Waals surface area contributed by atoms with Crippen molar-refractivity contribution >= 4 is 23.1 Å². The molecule has 0 atom stereocenters. The van der Waals surface area contributed by atoms with Gasteiger partial charge in [-0.2, -0.15) is 0 Å². The molecule has 0 saturated heterocycles. The lowest BCUT2D eigenvalue weighted by Crippen LogP contribution is -2.11. The zero-order valence-corrected chi connectivity index (χ0v) is 12.0. The van der Waals surface area contributed by atoms with E-state index in [1.165, 1.54) is 22.0 Å². The van der Waals surface area contributed by atoms with Crippen molar-refractivity contribution in [2.24, 2.45) is 7.05 Å². The first kappa shape index (κ1) is 12.3. The third kappa shape index (κ3) is 2.14. The van der Waals surface area contributed by atoms with Crippen LogP contribution < -0.4 is 0 Å². The van der Waals surface area contributed by atoms with Crippen molar-refractivity contribution in [1.82, 2.24) is 4.57 Å². The van der Waals surface area contributed by atoms with E-state index in [1.54, 1.807) is 0 Å². The normalized spacial score (nSPS) is 12.1. The molecule has 2 heteroatoms. The Morgan fingerprint density at radius 2 is 1.82 bits per heavy atom. The molecule has 1 nitrogen and oxygen atoms in total. The minimum absolute atomic E-state index is 0.174. The summed E-state index contributed by atoms with van der Waals surface area (Å²) in [4.78, 5) is 0. The maximum atomic E-state index is 5.48. The molecule has 0 aliphatic rings. The highest BCUT2D eigenvalue weighted by Crippen LogP contribution is 2.27. The molecule has 0 bridgehead atoms. The van der Waals surface area contributed by atoms with Gasteiger partial charge in [-0.25, -0.2) is 0 Å². The number of hydrogen-bond donors (Lipinski definition) is 0. The van der Waals surface area contributed by atoms with Gasteiger partial charge in [0.2, 0.25) is 0 Å². The van der Waals surface area contributed by atoms with E-state index in [4.69, 9.17) is 12.2 Å². The highest BCUT2D eigenvalue weighted by molar-refractivity contribution is 7.71. The summed E-state index contributed by atoms with van der Waals surface area (Å²) in [6, 6.07) is 6.60. The number of aryl methyl sites for hydroxylation is 2. The molecule has 2 rings (SSSR count). The van der Waals surface area contributed by atoms with Gasteiger partial charge in [-0.3, -0.25) is 0 Å². The lowest BCUT2D eigenvalue weighted by molar-refractivity contribution is 0.590. The molecule has 1 aromatic heterocycles. The monoisotopic (exact) mass is 245 g/mol. The number of fused-ring (bicyclic) bond motifs is 1. The van der Waals surface area contributed by atoms with Crippen molar-refractivity contribution in [1.29, 1.82) is 0 Å². The second-order valence-electron chi connectivity index (χ2n) is 5.73. The number of benzene rings is 1. The predicted molar refractivity (Wildman–Crippen MR) is 77.2 cm³/mol. The standard InChI is InChI=1S/C15H19NS/c1-10-9-16(5)13-8-11(15(2,3)4)6-7-12(13)14(10)17/h6-9H,1-5H3. The van der Waals surface area contributed by atoms with E-state index < -0.39 is 0 Å². The van der Waals surface area contributed by atoms with Crippen LogP contribution in [0.3, 0.4) is 0 Å². The zero-order valence-electron chi connectivity index (χ0n) is 11.2. The first-order valence-corrected chi connectivity index (χ1v) is 6.32. The van der Waals surface area contributed by atoms with E-state index in [9.17, 15) is 0 Å². The van der Waals surface area contributed by atoms with Gasteiger partial charge in [-0.1, -0.05) is 45.1 Å². The SMILES string of the molecule is Cc1cn(C)c2cc(C(C)(C)C)ccc2c1=S. The molecule has 90 valence electrons. The van der Waals surface area contributed by atoms with E-state index in [-0.39, 0.29) is 5.41 Å². The Morgan fingerprint density at radius 1 is 1.18 bits per heavy atom. The molecular weight excluding hydrogens is 226 g/mol. The Labute approximate surface area is 108 Å². The fraction of sp³-hybridized carbons (Fsp3) is 0.400. The first-order chi connectivity index (χ1) is 7.80. The average Bonchev–Trinajstić information content (AvgIpc) is 2.24. The molecule has 0 saturated carbocycles. The van der Waals surface area contributed by atoms with Gasteiger partial charge in [0.05, 0.1) is 4.51 Å². The second-order valence-corrected chi connectivity index (χ2v) is 6.14. The third-order valence-electron chi connectivity index (χ3n) is 3.23. The van der Waals surface area contributed by atoms with Crippen LogP contribution in [0.4, 0.5) is 0 Å². The summed E-state index contributed by atoms with van der Waals surface area (Å²) >= 11 is 5.48. The van der Waals surface area contributed by atoms with Crippen LogP contribution in [0.1, 0.15) is 31.9 Å². The number of rotatable bonds is 0. The van der Waals surface area contributed by atoms with Crippen LogP contribution in [-0.2, 0) is 12.5 Å². The first-order valence-electron chi connectivity index (χ1n) is 5.91. The van der Waals surface area contributed by atoms with E-state index in [0.717, 1.165) is 4.51 Å². The molecule has 0 spiro atoms. The Balaban J connectivity index is 2.84. The van der Waals surface area contributed by atoms with Gasteiger partial charge in [-0.05, 0) is 29.5 Å². The number of pyridine rings is 1. The van der Waals surface area contributed by atoms with Crippen LogP contribution in [0.15, 0.2) is 24.4 Å². The van der Waals surface area contributed by atoms with Gasteiger partial charge in [0, 0.05) is 24.1 Å². The summed E-state index contributed by atoms with van der Waals surface area (Å²) in [6.45, 7) is 8.77. The summed E-state index contributed by atoms with van der Waals surface area (Å²) in [5, 5.41) is 1.18. The molecule has 17 heavy (non-hydrogen) atoms. The quantitative estimate of drug-likeness (QED) is 0.618. The average molecular weight is 245 g/mol. The van der Waals surface area contributed by atoms with E-state index in [2.05, 4.69) is 63.7 Å². The lowest BCUT2D eigenvalue weighted by atomic mass is 9.86. The summed E-state index contributed by atoms with van der Waals surface area (Å²) in [7, 11) is 2.08. The maximum Gasteiger partial charge on any atom is 0.0514 e. The van der Waals surface area contributed by atoms with Crippen molar-refractivity contribution in [3.05, 3.63) is 40.0 Å². The van der Waals surface area contributed by atoms with Gasteiger partial charge < -0.3 is 4.57 Å². The lowest BCUT2D eigenvalue weighted by Gasteiger charge is -2.20. The molecule has 0 aliphatic carbocycles. The molecule has 0 radical (unpaired) electrons. The van der Waals surface area contributed by atoms with Crippen LogP contribution >= 0.6 is 12.2 Å². The van der Waals surface area contributed by atoms with E-state index in [1.807, 2.05) is 0 Å². The molecule has 0 aliphatic heterocycles. The molecule has 0 fully saturated rings. The summed E-state index contributed by atoms with van der Waals surface area (Å²) in [5.41, 5.74) is 3.90. The summed E-state index contributed by atoms with van der Waals surface area (Å²) in [6.07, 6.45) is 2.11. The topological polar surface area (TPSA) is 4.93 Å². The third-order valence-corrected chi connectivity index (χ3v) is 3.78. The molecule has 0 unspecified atom stereocenters.